The number of anilines is 3. The number of nitrogens with two attached hydrogens (primary N) is 1. The Kier molecular flexibility index (Phi) is 33.7. The molecule has 27 nitrogen and oxygen atoms in total. The Hall–Kier alpha value is -10.5. The van der Waals surface area contributed by atoms with E-state index in [1.807, 2.05) is 104 Å². The number of fused-ring (bicyclic) bond motifs is 2. The number of aliphatic hydroxyl groups excluding tert-OH is 1. The fraction of sp³-hybridized carbons (Fsp3) is 0.556. The maximum atomic E-state index is 12.9. The average Bonchev–Trinajstić information content (AvgIpc) is 0.997. The van der Waals surface area contributed by atoms with Gasteiger partial charge in [-0.25, -0.2) is 38.4 Å². The Balaban J connectivity index is 0.000000139. The molecule has 0 radical (unpaired) electrons. The molecule has 20 rings (SSSR count). The van der Waals surface area contributed by atoms with Crippen LogP contribution in [0.15, 0.2) is 134 Å². The lowest BCUT2D eigenvalue weighted by Gasteiger charge is -2.59. The molecule has 6 spiro atoms. The van der Waals surface area contributed by atoms with Crippen LogP contribution >= 0.6 is 23.2 Å². The summed E-state index contributed by atoms with van der Waals surface area (Å²) in [5, 5.41) is 25.4. The average molecular weight is 2010 g/mol. The van der Waals surface area contributed by atoms with Gasteiger partial charge in [0.25, 0.3) is 5.91 Å². The molecule has 4 aromatic heterocycles. The van der Waals surface area contributed by atoms with E-state index < -0.39 is 56.1 Å². The lowest BCUT2D eigenvalue weighted by atomic mass is 9.61. The second-order valence-electron chi connectivity index (χ2n) is 40.6. The molecule has 0 bridgehead atoms. The molecule has 12 aliphatic rings. The number of aliphatic hydroxyl groups is 1. The van der Waals surface area contributed by atoms with E-state index in [0.29, 0.717) is 120 Å². The second kappa shape index (κ2) is 44.2. The lowest BCUT2D eigenvalue weighted by Crippen LogP contribution is -2.65. The van der Waals surface area contributed by atoms with Gasteiger partial charge in [-0.2, -0.15) is 35.1 Å². The number of pyridine rings is 2. The van der Waals surface area contributed by atoms with Crippen LogP contribution in [0.2, 0.25) is 10.0 Å². The molecule has 10 heterocycles. The van der Waals surface area contributed by atoms with Crippen LogP contribution in [0.5, 0.6) is 0 Å². The van der Waals surface area contributed by atoms with Gasteiger partial charge in [0.2, 0.25) is 0 Å². The lowest BCUT2D eigenvalue weighted by molar-refractivity contribution is -0.360. The summed E-state index contributed by atoms with van der Waals surface area (Å²) in [5.41, 5.74) is 15.2. The third-order valence-corrected chi connectivity index (χ3v) is 27.4. The van der Waals surface area contributed by atoms with E-state index in [0.717, 1.165) is 139 Å². The number of alkyl halides is 11. The number of aryl methyl sites for hydroxylation is 2. The quantitative estimate of drug-likeness (QED) is 0.0371. The minimum Gasteiger partial charge on any atom is -0.477 e. The Morgan fingerprint density at radius 2 is 0.814 bits per heavy atom. The van der Waals surface area contributed by atoms with Crippen molar-refractivity contribution in [3.05, 3.63) is 206 Å². The minimum absolute atomic E-state index is 0.00351. The number of halogens is 14. The van der Waals surface area contributed by atoms with E-state index in [1.54, 1.807) is 63.0 Å². The number of likely N-dealkylation sites (tertiary alicyclic amines) is 2. The highest BCUT2D eigenvalue weighted by atomic mass is 35.5. The van der Waals surface area contributed by atoms with Gasteiger partial charge in [-0.15, -0.1) is 13.2 Å². The zero-order chi connectivity index (χ0) is 101. The van der Waals surface area contributed by atoms with Gasteiger partial charge in [0.1, 0.15) is 34.0 Å². The molecule has 6 saturated carbocycles. The number of carbonyl (C=O) groups is 4. The van der Waals surface area contributed by atoms with Crippen LogP contribution in [-0.4, -0.2) is 222 Å². The van der Waals surface area contributed by atoms with E-state index in [9.17, 15) is 77.0 Å². The van der Waals surface area contributed by atoms with Crippen molar-refractivity contribution in [3.63, 3.8) is 0 Å². The Morgan fingerprint density at radius 3 is 1.14 bits per heavy atom. The standard InChI is InChI=1S/C24H24ClF3N4O2.C14H14F2N2O.C14H18F2N2O.C12H19F2NO3.C11H19NO3.C10H9ClN2O2.C7H11F2NO.C7H4FN/c1-2-19-21(32-12-16(25)5-8-20(32)30-19)22(33)29-11-15-3-6-17(7-4-15)31-13-23(14-31)9-18(10-23)34-24(26,27)28;1-17-10-2-4-11(5-3-10)18-8-14(9-18)6-12(7-14)19-13(15)16;15-13(16)19-12-5-14(6-12)8-18(9-14)11-3-1-10(7-17)2-4-11;1-11(2,3)18-10(16)15-6-12(7-15)4-8(5-12)17-9(13)14;1-10(2,3)15-9(14)12-6-11(7-12)4-8(13)5-11;1-2-7-9(10(14)15)13-5-6(11)3-4-8(13)12-7;8-6(9)11-5-1-7(2-5)3-10-4-7;1-9-7-4-2-6(8)3-5-7/h3-8,12,18H,2,9-11,13-14H2,1H3,(H,29,33);2-5,12-13H,6-9H2;1-4,12-13H,5-9,17H2;8-9H,4-7H2,1-3H3;8,13H,4-7H2,1-3H3;3-5H,2H2,1H3,(H,14,15);5-6,10H,1-4H2;2-5H. The molecule has 12 fully saturated rings. The minimum atomic E-state index is -4.56. The molecule has 6 aliphatic heterocycles. The molecule has 6 aliphatic carbocycles. The third kappa shape index (κ3) is 27.7. The molecule has 6 N–H and O–H groups in total. The smallest absolute Gasteiger partial charge is 0.477 e. The maximum Gasteiger partial charge on any atom is 0.522 e. The molecule has 6 saturated heterocycles. The third-order valence-electron chi connectivity index (χ3n) is 27.0. The molecule has 3 amide bonds. The molecule has 0 unspecified atom stereocenters. The zero-order valence-corrected chi connectivity index (χ0v) is 80.5. The Morgan fingerprint density at radius 1 is 0.486 bits per heavy atom. The fourth-order valence-corrected chi connectivity index (χ4v) is 20.6. The highest BCUT2D eigenvalue weighted by Gasteiger charge is 2.59. The molecule has 0 atom stereocenters. The van der Waals surface area contributed by atoms with Crippen LogP contribution in [0.25, 0.3) is 21.0 Å². The normalized spacial score (nSPS) is 20.0. The number of nitrogens with zero attached hydrogens (tertiary/aromatic N) is 11. The fourth-order valence-electron chi connectivity index (χ4n) is 20.3. The van der Waals surface area contributed by atoms with Crippen LogP contribution in [-0.2, 0) is 59.1 Å². The summed E-state index contributed by atoms with van der Waals surface area (Å²) in [6.45, 7) is 28.4. The summed E-state index contributed by atoms with van der Waals surface area (Å²) < 4.78 is 180. The summed E-state index contributed by atoms with van der Waals surface area (Å²) in [6, 6.07) is 35.9. The number of carbonyl (C=O) groups excluding carboxylic acids is 3. The van der Waals surface area contributed by atoms with Crippen molar-refractivity contribution in [3.8, 4) is 0 Å². The summed E-state index contributed by atoms with van der Waals surface area (Å²) in [4.78, 5) is 72.4. The van der Waals surface area contributed by atoms with Crippen molar-refractivity contribution < 1.29 is 115 Å². The molecule has 4 aromatic carbocycles. The van der Waals surface area contributed by atoms with Gasteiger partial charge in [-0.1, -0.05) is 85.6 Å². The van der Waals surface area contributed by atoms with E-state index in [-0.39, 0.29) is 87.2 Å². The van der Waals surface area contributed by atoms with Gasteiger partial charge in [-0.05, 0) is 215 Å². The number of carboxylic acid groups (broad SMARTS) is 1. The topological polar surface area (TPSA) is 283 Å². The van der Waals surface area contributed by atoms with Crippen molar-refractivity contribution in [2.24, 2.45) is 38.2 Å². The van der Waals surface area contributed by atoms with Gasteiger partial charge < -0.3 is 79.5 Å². The van der Waals surface area contributed by atoms with Crippen LogP contribution in [0.1, 0.15) is 176 Å². The molecular weight excluding hydrogens is 1890 g/mol. The molecule has 760 valence electrons. The first-order valence-electron chi connectivity index (χ1n) is 46.4. The zero-order valence-electron chi connectivity index (χ0n) is 78.9. The summed E-state index contributed by atoms with van der Waals surface area (Å²) >= 11 is 11.9. The second-order valence-corrected chi connectivity index (χ2v) is 41.5. The molecule has 140 heavy (non-hydrogen) atoms. The van der Waals surface area contributed by atoms with Gasteiger partial charge in [0, 0.05) is 154 Å². The first-order valence-corrected chi connectivity index (χ1v) is 47.2. The number of hydrogen-bond donors (Lipinski definition) is 5. The van der Waals surface area contributed by atoms with Crippen molar-refractivity contribution in [1.82, 2.24) is 39.2 Å². The predicted octanol–water partition coefficient (Wildman–Crippen LogP) is 20.4. The molecule has 8 aromatic rings. The summed E-state index contributed by atoms with van der Waals surface area (Å²) in [6.07, 6.45) is 5.80. The van der Waals surface area contributed by atoms with Gasteiger partial charge in [-0.3, -0.25) is 18.3 Å². The van der Waals surface area contributed by atoms with Crippen LogP contribution in [0.3, 0.4) is 0 Å². The SMILES string of the molecule is CC(C)(C)OC(=O)N1CC2(CC(O)C2)C1.CC(C)(C)OC(=O)N1CC2(CC(OC(F)F)C2)C1.CCc1nc2ccc(Cl)cn2c1C(=O)NCc1ccc(N2CC3(CC(OC(F)(F)F)C3)C2)cc1.CCc1nc2ccc(Cl)cn2c1C(=O)O.FC(F)OC1CC2(CNC2)C1.NCc1ccc(N2CC3(CC(OC(F)F)C3)C2)cc1.[C-]#[N+]c1ccc(F)cc1.[C-]#[N+]c1ccc(N2CC3(CC(OC(F)F)C3)C2)cc1. The van der Waals surface area contributed by atoms with Gasteiger partial charge >= 0.3 is 51.0 Å². The van der Waals surface area contributed by atoms with Crippen molar-refractivity contribution in [2.45, 2.75) is 239 Å². The maximum absolute atomic E-state index is 12.9. The number of ether oxygens (including phenoxy) is 7. The van der Waals surface area contributed by atoms with E-state index in [1.165, 1.54) is 34.4 Å². The number of imidazole rings is 2. The number of aromatic carboxylic acids is 1. The highest BCUT2D eigenvalue weighted by molar-refractivity contribution is 6.30. The summed E-state index contributed by atoms with van der Waals surface area (Å²) in [7, 11) is 0. The highest BCUT2D eigenvalue weighted by Crippen LogP contribution is 2.56. The first-order chi connectivity index (χ1) is 66.0. The monoisotopic (exact) mass is 2010 g/mol. The number of hydrogen-bond acceptors (Lipinski definition) is 19. The van der Waals surface area contributed by atoms with Crippen LogP contribution < -0.4 is 31.1 Å². The number of rotatable bonds is 19. The van der Waals surface area contributed by atoms with E-state index >= 15 is 0 Å². The first kappa shape index (κ1) is 107. The number of benzene rings is 4. The number of amides is 3. The van der Waals surface area contributed by atoms with Crippen LogP contribution in [0, 0.1) is 51.5 Å². The van der Waals surface area contributed by atoms with Crippen LogP contribution in [0.4, 0.5) is 90.7 Å². The number of aromatic nitrogens is 4. The van der Waals surface area contributed by atoms with Gasteiger partial charge in [0.15, 0.2) is 17.1 Å². The number of nitrogens with one attached hydrogen (secondary N) is 2. The van der Waals surface area contributed by atoms with Crippen molar-refractivity contribution in [1.29, 1.82) is 0 Å². The predicted molar refractivity (Wildman–Crippen MR) is 499 cm³/mol. The van der Waals surface area contributed by atoms with Gasteiger partial charge in [0.05, 0.1) is 71.2 Å². The van der Waals surface area contributed by atoms with E-state index in [4.69, 9.17) is 56.7 Å². The van der Waals surface area contributed by atoms with E-state index in [2.05, 4.69) is 80.8 Å². The number of carboxylic acids is 1. The summed E-state index contributed by atoms with van der Waals surface area (Å²) in [5.74, 6) is -1.51. The molecular formula is C99H118Cl2F12N14O13. The Bertz CT molecular complexity index is 5610. The molecule has 41 heteroatoms. The van der Waals surface area contributed by atoms with Crippen molar-refractivity contribution in [2.75, 3.05) is 93.2 Å². The van der Waals surface area contributed by atoms with Crippen molar-refractivity contribution >= 4 is 87.0 Å². The Labute approximate surface area is 814 Å². The largest absolute Gasteiger partial charge is 0.522 e.